The van der Waals surface area contributed by atoms with Crippen molar-refractivity contribution in [2.75, 3.05) is 0 Å². The van der Waals surface area contributed by atoms with E-state index in [1.54, 1.807) is 0 Å². The monoisotopic (exact) mass is 354 g/mol. The Bertz CT molecular complexity index is 903. The molecule has 0 bridgehead atoms. The first-order valence-electron chi connectivity index (χ1n) is 7.75. The van der Waals surface area contributed by atoms with E-state index in [0.29, 0.717) is 18.1 Å². The van der Waals surface area contributed by atoms with Crippen LogP contribution in [0.3, 0.4) is 0 Å². The summed E-state index contributed by atoms with van der Waals surface area (Å²) in [6, 6.07) is 15.0. The van der Waals surface area contributed by atoms with Gasteiger partial charge in [-0.15, -0.1) is 0 Å². The Balaban J connectivity index is 1.37. The van der Waals surface area contributed by atoms with Crippen molar-refractivity contribution >= 4 is 34.0 Å². The summed E-state index contributed by atoms with van der Waals surface area (Å²) in [5.74, 6) is 0.972. The SMILES string of the molecule is O=C1NC(=O)C(Cc2ccc(OCc3nc4ccccc4o3)cc2)S1. The number of fused-ring (bicyclic) bond motifs is 1. The Morgan fingerprint density at radius 1 is 1.12 bits per heavy atom. The van der Waals surface area contributed by atoms with Crippen LogP contribution in [0.4, 0.5) is 4.79 Å². The Kier molecular flexibility index (Phi) is 4.15. The Morgan fingerprint density at radius 2 is 1.92 bits per heavy atom. The molecule has 2 aromatic carbocycles. The van der Waals surface area contributed by atoms with Crippen molar-refractivity contribution < 1.29 is 18.7 Å². The molecule has 1 aromatic heterocycles. The average Bonchev–Trinajstić information content (AvgIpc) is 3.16. The van der Waals surface area contributed by atoms with E-state index in [2.05, 4.69) is 10.3 Å². The molecular formula is C18H14N2O4S. The van der Waals surface area contributed by atoms with Crippen molar-refractivity contribution in [2.24, 2.45) is 0 Å². The lowest BCUT2D eigenvalue weighted by atomic mass is 10.1. The third-order valence-electron chi connectivity index (χ3n) is 3.81. The zero-order valence-corrected chi connectivity index (χ0v) is 13.9. The van der Waals surface area contributed by atoms with Gasteiger partial charge in [-0.05, 0) is 36.2 Å². The largest absolute Gasteiger partial charge is 0.484 e. The van der Waals surface area contributed by atoms with E-state index in [0.717, 1.165) is 28.4 Å². The van der Waals surface area contributed by atoms with E-state index in [1.165, 1.54) is 0 Å². The lowest BCUT2D eigenvalue weighted by molar-refractivity contribution is -0.118. The maximum Gasteiger partial charge on any atom is 0.286 e. The minimum Gasteiger partial charge on any atom is -0.484 e. The minimum atomic E-state index is -0.362. The first-order valence-corrected chi connectivity index (χ1v) is 8.63. The van der Waals surface area contributed by atoms with Crippen LogP contribution in [0.5, 0.6) is 5.75 Å². The minimum absolute atomic E-state index is 0.230. The van der Waals surface area contributed by atoms with Gasteiger partial charge in [0.1, 0.15) is 11.3 Å². The van der Waals surface area contributed by atoms with E-state index >= 15 is 0 Å². The van der Waals surface area contributed by atoms with Crippen LogP contribution in [-0.4, -0.2) is 21.4 Å². The third kappa shape index (κ3) is 3.51. The van der Waals surface area contributed by atoms with E-state index < -0.39 is 0 Å². The molecule has 0 saturated carbocycles. The predicted octanol–water partition coefficient (Wildman–Crippen LogP) is 3.30. The van der Waals surface area contributed by atoms with Gasteiger partial charge in [-0.1, -0.05) is 36.0 Å². The fraction of sp³-hybridized carbons (Fsp3) is 0.167. The number of oxazole rings is 1. The molecule has 0 aliphatic carbocycles. The summed E-state index contributed by atoms with van der Waals surface area (Å²) in [5.41, 5.74) is 2.51. The molecule has 0 spiro atoms. The number of imide groups is 1. The number of hydrogen-bond acceptors (Lipinski definition) is 6. The molecule has 1 saturated heterocycles. The Labute approximate surface area is 147 Å². The fourth-order valence-electron chi connectivity index (χ4n) is 2.59. The van der Waals surface area contributed by atoms with Crippen molar-refractivity contribution in [1.29, 1.82) is 0 Å². The highest BCUT2D eigenvalue weighted by atomic mass is 32.2. The van der Waals surface area contributed by atoms with Crippen LogP contribution >= 0.6 is 11.8 Å². The second-order valence-electron chi connectivity index (χ2n) is 5.60. The number of carbonyl (C=O) groups excluding carboxylic acids is 2. The predicted molar refractivity (Wildman–Crippen MR) is 93.4 cm³/mol. The van der Waals surface area contributed by atoms with Crippen molar-refractivity contribution in [3.8, 4) is 5.75 Å². The van der Waals surface area contributed by atoms with Gasteiger partial charge < -0.3 is 9.15 Å². The van der Waals surface area contributed by atoms with Gasteiger partial charge in [0.25, 0.3) is 5.24 Å². The zero-order valence-electron chi connectivity index (χ0n) is 13.1. The molecule has 0 radical (unpaired) electrons. The summed E-state index contributed by atoms with van der Waals surface area (Å²) in [4.78, 5) is 27.1. The quantitative estimate of drug-likeness (QED) is 0.757. The number of aromatic nitrogens is 1. The topological polar surface area (TPSA) is 81.4 Å². The van der Waals surface area contributed by atoms with Crippen molar-refractivity contribution in [3.05, 3.63) is 60.0 Å². The van der Waals surface area contributed by atoms with Crippen LogP contribution in [0.2, 0.25) is 0 Å². The van der Waals surface area contributed by atoms with E-state index in [1.807, 2.05) is 48.5 Å². The number of rotatable bonds is 5. The molecule has 1 fully saturated rings. The van der Waals surface area contributed by atoms with Gasteiger partial charge in [-0.3, -0.25) is 14.9 Å². The van der Waals surface area contributed by atoms with Crippen LogP contribution in [0.15, 0.2) is 52.9 Å². The van der Waals surface area contributed by atoms with E-state index in [9.17, 15) is 9.59 Å². The highest BCUT2D eigenvalue weighted by Gasteiger charge is 2.31. The Morgan fingerprint density at radius 3 is 2.64 bits per heavy atom. The normalized spacial score (nSPS) is 17.0. The van der Waals surface area contributed by atoms with Crippen molar-refractivity contribution in [1.82, 2.24) is 10.3 Å². The van der Waals surface area contributed by atoms with Gasteiger partial charge in [0.2, 0.25) is 11.8 Å². The molecule has 6 nitrogen and oxygen atoms in total. The number of amides is 2. The molecule has 1 unspecified atom stereocenters. The number of nitrogens with zero attached hydrogens (tertiary/aromatic N) is 1. The number of ether oxygens (including phenoxy) is 1. The summed E-state index contributed by atoms with van der Waals surface area (Å²) in [6.45, 7) is 0.239. The lowest BCUT2D eigenvalue weighted by Crippen LogP contribution is -2.25. The summed E-state index contributed by atoms with van der Waals surface area (Å²) in [5, 5.41) is 1.64. The van der Waals surface area contributed by atoms with Crippen molar-refractivity contribution in [3.63, 3.8) is 0 Å². The maximum atomic E-state index is 11.6. The summed E-state index contributed by atoms with van der Waals surface area (Å²) < 4.78 is 11.3. The molecule has 126 valence electrons. The number of carbonyl (C=O) groups is 2. The lowest BCUT2D eigenvalue weighted by Gasteiger charge is -2.07. The van der Waals surface area contributed by atoms with Crippen molar-refractivity contribution in [2.45, 2.75) is 18.3 Å². The van der Waals surface area contributed by atoms with Crippen LogP contribution in [0.25, 0.3) is 11.1 Å². The molecule has 2 amide bonds. The smallest absolute Gasteiger partial charge is 0.286 e. The van der Waals surface area contributed by atoms with Gasteiger partial charge >= 0.3 is 0 Å². The van der Waals surface area contributed by atoms with Gasteiger partial charge in [0, 0.05) is 0 Å². The molecular weight excluding hydrogens is 340 g/mol. The van der Waals surface area contributed by atoms with Crippen LogP contribution in [0, 0.1) is 0 Å². The molecule has 1 aliphatic heterocycles. The summed E-state index contributed by atoms with van der Waals surface area (Å²) in [6.07, 6.45) is 0.508. The second kappa shape index (κ2) is 6.60. The number of para-hydroxylation sites is 2. The number of thioether (sulfide) groups is 1. The second-order valence-corrected chi connectivity index (χ2v) is 6.77. The molecule has 1 atom stereocenters. The third-order valence-corrected chi connectivity index (χ3v) is 4.79. The van der Waals surface area contributed by atoms with Gasteiger partial charge in [-0.2, -0.15) is 0 Å². The zero-order chi connectivity index (χ0) is 17.2. The Hall–Kier alpha value is -2.80. The molecule has 25 heavy (non-hydrogen) atoms. The van der Waals surface area contributed by atoms with Crippen LogP contribution in [-0.2, 0) is 17.8 Å². The summed E-state index contributed by atoms with van der Waals surface area (Å²) >= 11 is 1.03. The van der Waals surface area contributed by atoms with Gasteiger partial charge in [0.15, 0.2) is 12.2 Å². The highest BCUT2D eigenvalue weighted by molar-refractivity contribution is 8.15. The molecule has 1 N–H and O–H groups in total. The summed E-state index contributed by atoms with van der Waals surface area (Å²) in [7, 11) is 0. The van der Waals surface area contributed by atoms with Gasteiger partial charge in [0.05, 0.1) is 5.25 Å². The molecule has 3 aromatic rings. The molecule has 1 aliphatic rings. The van der Waals surface area contributed by atoms with Crippen LogP contribution in [0.1, 0.15) is 11.5 Å². The van der Waals surface area contributed by atoms with Crippen LogP contribution < -0.4 is 10.1 Å². The first kappa shape index (κ1) is 15.7. The van der Waals surface area contributed by atoms with E-state index in [4.69, 9.17) is 9.15 Å². The molecule has 7 heteroatoms. The van der Waals surface area contributed by atoms with E-state index in [-0.39, 0.29) is 23.0 Å². The molecule has 4 rings (SSSR count). The fourth-order valence-corrected chi connectivity index (χ4v) is 3.45. The maximum absolute atomic E-state index is 11.6. The average molecular weight is 354 g/mol. The molecule has 2 heterocycles. The first-order chi connectivity index (χ1) is 12.2. The number of hydrogen-bond donors (Lipinski definition) is 1. The van der Waals surface area contributed by atoms with Gasteiger partial charge in [-0.25, -0.2) is 4.98 Å². The number of nitrogens with one attached hydrogen (secondary N) is 1. The highest BCUT2D eigenvalue weighted by Crippen LogP contribution is 2.24. The standard InChI is InChI=1S/C18H14N2O4S/c21-17-15(25-18(22)20-17)9-11-5-7-12(8-6-11)23-10-16-19-13-3-1-2-4-14(13)24-16/h1-8,15H,9-10H2,(H,20,21,22). The number of benzene rings is 2.